The highest BCUT2D eigenvalue weighted by Crippen LogP contribution is 2.39. The number of nitrogens with one attached hydrogen (secondary N) is 1. The maximum Gasteiger partial charge on any atom is 0.318 e. The fraction of sp³-hybridized carbons (Fsp3) is 0.462. The van der Waals surface area contributed by atoms with Crippen LogP contribution < -0.4 is 19.9 Å². The van der Waals surface area contributed by atoms with Crippen LogP contribution in [0.1, 0.15) is 24.1 Å². The first-order chi connectivity index (χ1) is 16.7. The van der Waals surface area contributed by atoms with Gasteiger partial charge in [-0.2, -0.15) is 9.97 Å². The van der Waals surface area contributed by atoms with Gasteiger partial charge in [0.05, 0.1) is 17.9 Å². The molecule has 1 aromatic heterocycles. The monoisotopic (exact) mass is 522 g/mol. The van der Waals surface area contributed by atoms with E-state index in [1.54, 1.807) is 0 Å². The van der Waals surface area contributed by atoms with Gasteiger partial charge in [0, 0.05) is 48.8 Å². The van der Waals surface area contributed by atoms with Crippen LogP contribution in [-0.4, -0.2) is 67.3 Å². The van der Waals surface area contributed by atoms with Crippen LogP contribution in [0.4, 0.5) is 11.5 Å². The van der Waals surface area contributed by atoms with E-state index in [1.807, 2.05) is 0 Å². The standard InChI is InChI=1S/C26H31BrN6O/c1-31-10-4-7-20(31)17-34-26-29-23-16-33(15-21(23)25(30-26)32-11-8-28-9-12-32)24-14-19-6-3-2-5-18(19)13-22(24)27/h2-3,5-6,13-14,20,28H,4,7-12,15-17H2,1H3/t20-/m0/s1. The van der Waals surface area contributed by atoms with Gasteiger partial charge in [-0.25, -0.2) is 0 Å². The number of nitrogens with zero attached hydrogens (tertiary/aromatic N) is 5. The molecule has 0 spiro atoms. The Balaban J connectivity index is 1.31. The van der Waals surface area contributed by atoms with Crippen LogP contribution in [0.25, 0.3) is 10.8 Å². The lowest BCUT2D eigenvalue weighted by atomic mass is 10.1. The minimum Gasteiger partial charge on any atom is -0.462 e. The van der Waals surface area contributed by atoms with Gasteiger partial charge >= 0.3 is 6.01 Å². The van der Waals surface area contributed by atoms with Gasteiger partial charge in [-0.15, -0.1) is 0 Å². The van der Waals surface area contributed by atoms with Gasteiger partial charge in [-0.05, 0) is 65.3 Å². The number of ether oxygens (including phenoxy) is 1. The molecule has 0 aliphatic carbocycles. The van der Waals surface area contributed by atoms with Gasteiger partial charge in [0.15, 0.2) is 0 Å². The first-order valence-electron chi connectivity index (χ1n) is 12.3. The predicted octanol–water partition coefficient (Wildman–Crippen LogP) is 3.80. The topological polar surface area (TPSA) is 56.8 Å². The lowest BCUT2D eigenvalue weighted by Crippen LogP contribution is -2.44. The first-order valence-corrected chi connectivity index (χ1v) is 13.1. The van der Waals surface area contributed by atoms with Gasteiger partial charge in [0.1, 0.15) is 12.4 Å². The Morgan fingerprint density at radius 3 is 2.59 bits per heavy atom. The maximum atomic E-state index is 6.21. The summed E-state index contributed by atoms with van der Waals surface area (Å²) in [6, 6.07) is 14.0. The van der Waals surface area contributed by atoms with Crippen molar-refractivity contribution >= 4 is 38.2 Å². The zero-order valence-corrected chi connectivity index (χ0v) is 21.2. The fourth-order valence-corrected chi connectivity index (χ4v) is 6.00. The minimum absolute atomic E-state index is 0.449. The van der Waals surface area contributed by atoms with Gasteiger partial charge in [-0.3, -0.25) is 0 Å². The van der Waals surface area contributed by atoms with Crippen molar-refractivity contribution in [3.8, 4) is 6.01 Å². The molecule has 8 heteroatoms. The second-order valence-corrected chi connectivity index (χ2v) is 10.4. The molecule has 3 aliphatic heterocycles. The summed E-state index contributed by atoms with van der Waals surface area (Å²) in [5.41, 5.74) is 3.50. The third-order valence-corrected chi connectivity index (χ3v) is 8.02. The van der Waals surface area contributed by atoms with Crippen molar-refractivity contribution in [3.63, 3.8) is 0 Å². The third-order valence-electron chi connectivity index (χ3n) is 7.39. The maximum absolute atomic E-state index is 6.21. The van der Waals surface area contributed by atoms with Gasteiger partial charge in [0.25, 0.3) is 0 Å². The largest absolute Gasteiger partial charge is 0.462 e. The van der Waals surface area contributed by atoms with Crippen molar-refractivity contribution in [2.24, 2.45) is 0 Å². The third kappa shape index (κ3) is 4.23. The number of hydrogen-bond donors (Lipinski definition) is 1. The van der Waals surface area contributed by atoms with Crippen LogP contribution in [0.15, 0.2) is 40.9 Å². The van der Waals surface area contributed by atoms with E-state index < -0.39 is 0 Å². The molecule has 0 amide bonds. The number of fused-ring (bicyclic) bond motifs is 2. The number of piperazine rings is 1. The second-order valence-electron chi connectivity index (χ2n) is 9.59. The van der Waals surface area contributed by atoms with Gasteiger partial charge in [0.2, 0.25) is 0 Å². The number of benzene rings is 2. The predicted molar refractivity (Wildman–Crippen MR) is 140 cm³/mol. The number of hydrogen-bond acceptors (Lipinski definition) is 7. The second kappa shape index (κ2) is 9.32. The molecule has 2 aromatic carbocycles. The molecule has 0 unspecified atom stereocenters. The van der Waals surface area contributed by atoms with E-state index in [2.05, 4.69) is 79.4 Å². The molecule has 2 fully saturated rings. The zero-order valence-electron chi connectivity index (χ0n) is 19.6. The summed E-state index contributed by atoms with van der Waals surface area (Å²) < 4.78 is 7.31. The molecule has 34 heavy (non-hydrogen) atoms. The summed E-state index contributed by atoms with van der Waals surface area (Å²) in [5.74, 6) is 1.04. The lowest BCUT2D eigenvalue weighted by molar-refractivity contribution is 0.187. The molecule has 3 aliphatic rings. The van der Waals surface area contributed by atoms with E-state index in [0.29, 0.717) is 18.7 Å². The van der Waals surface area contributed by atoms with E-state index in [-0.39, 0.29) is 0 Å². The average molecular weight is 523 g/mol. The van der Waals surface area contributed by atoms with Crippen molar-refractivity contribution in [2.75, 3.05) is 56.2 Å². The van der Waals surface area contributed by atoms with Gasteiger partial charge < -0.3 is 24.8 Å². The van der Waals surface area contributed by atoms with E-state index in [9.17, 15) is 0 Å². The van der Waals surface area contributed by atoms with Crippen LogP contribution in [0.5, 0.6) is 6.01 Å². The molecule has 7 nitrogen and oxygen atoms in total. The molecule has 6 rings (SSSR count). The molecule has 0 bridgehead atoms. The number of anilines is 2. The Morgan fingerprint density at radius 2 is 1.82 bits per heavy atom. The quantitative estimate of drug-likeness (QED) is 0.546. The summed E-state index contributed by atoms with van der Waals surface area (Å²) >= 11 is 3.82. The number of halogens is 1. The molecular formula is C26H31BrN6O. The molecule has 0 saturated carbocycles. The van der Waals surface area contributed by atoms with Crippen molar-refractivity contribution in [3.05, 3.63) is 52.1 Å². The Hall–Kier alpha value is -2.42. The van der Waals surface area contributed by atoms with Crippen LogP contribution in [0.3, 0.4) is 0 Å². The van der Waals surface area contributed by atoms with Crippen LogP contribution in [0, 0.1) is 0 Å². The molecule has 4 heterocycles. The number of likely N-dealkylation sites (tertiary alicyclic amines) is 1. The average Bonchev–Trinajstić information content (AvgIpc) is 3.48. The van der Waals surface area contributed by atoms with E-state index in [4.69, 9.17) is 14.7 Å². The molecule has 0 radical (unpaired) electrons. The van der Waals surface area contributed by atoms with Crippen LogP contribution in [0.2, 0.25) is 0 Å². The number of rotatable bonds is 5. The summed E-state index contributed by atoms with van der Waals surface area (Å²) in [5, 5.41) is 5.94. The Labute approximate surface area is 209 Å². The molecule has 178 valence electrons. The molecule has 2 saturated heterocycles. The summed E-state index contributed by atoms with van der Waals surface area (Å²) in [6.45, 7) is 7.20. The number of aromatic nitrogens is 2. The zero-order chi connectivity index (χ0) is 23.1. The molecular weight excluding hydrogens is 492 g/mol. The van der Waals surface area contributed by atoms with Crippen molar-refractivity contribution in [2.45, 2.75) is 32.0 Å². The van der Waals surface area contributed by atoms with Crippen molar-refractivity contribution < 1.29 is 4.74 Å². The Morgan fingerprint density at radius 1 is 1.03 bits per heavy atom. The Bertz CT molecular complexity index is 1200. The molecule has 1 N–H and O–H groups in total. The normalized spacial score (nSPS) is 20.8. The summed E-state index contributed by atoms with van der Waals surface area (Å²) in [4.78, 5) is 17.0. The van der Waals surface area contributed by atoms with E-state index in [0.717, 1.165) is 61.8 Å². The highest BCUT2D eigenvalue weighted by atomic mass is 79.9. The summed E-state index contributed by atoms with van der Waals surface area (Å²) in [6.07, 6.45) is 2.41. The minimum atomic E-state index is 0.449. The smallest absolute Gasteiger partial charge is 0.318 e. The SMILES string of the molecule is CN1CCC[C@H]1COc1nc2c(c(N3CCNCC3)n1)CN(c1cc3ccccc3cc1Br)C2. The lowest BCUT2D eigenvalue weighted by Gasteiger charge is -2.30. The van der Waals surface area contributed by atoms with E-state index >= 15 is 0 Å². The van der Waals surface area contributed by atoms with Crippen molar-refractivity contribution in [1.29, 1.82) is 0 Å². The summed E-state index contributed by atoms with van der Waals surface area (Å²) in [7, 11) is 2.18. The molecule has 1 atom stereocenters. The highest BCUT2D eigenvalue weighted by Gasteiger charge is 2.30. The van der Waals surface area contributed by atoms with E-state index in [1.165, 1.54) is 34.9 Å². The van der Waals surface area contributed by atoms with Crippen molar-refractivity contribution in [1.82, 2.24) is 20.2 Å². The van der Waals surface area contributed by atoms with Crippen LogP contribution >= 0.6 is 15.9 Å². The fourth-order valence-electron chi connectivity index (χ4n) is 5.39. The van der Waals surface area contributed by atoms with Crippen LogP contribution in [-0.2, 0) is 13.1 Å². The highest BCUT2D eigenvalue weighted by molar-refractivity contribution is 9.10. The first kappa shape index (κ1) is 22.1. The number of likely N-dealkylation sites (N-methyl/N-ethyl adjacent to an activating group) is 1. The van der Waals surface area contributed by atoms with Gasteiger partial charge in [-0.1, -0.05) is 24.3 Å². The Kier molecular flexibility index (Phi) is 6.05. The molecule has 3 aromatic rings.